The molecule has 0 aliphatic carbocycles. The zero-order chi connectivity index (χ0) is 24.7. The Morgan fingerprint density at radius 1 is 1.03 bits per heavy atom. The highest BCUT2D eigenvalue weighted by molar-refractivity contribution is 7.93. The molecule has 3 aromatic rings. The Kier molecular flexibility index (Phi) is 8.09. The van der Waals surface area contributed by atoms with Crippen molar-refractivity contribution in [2.75, 3.05) is 16.2 Å². The summed E-state index contributed by atoms with van der Waals surface area (Å²) in [6.45, 7) is 5.28. The Morgan fingerprint density at radius 3 is 2.44 bits per heavy atom. The molecule has 0 saturated heterocycles. The predicted octanol–water partition coefficient (Wildman–Crippen LogP) is 4.61. The molecule has 0 aromatic heterocycles. The van der Waals surface area contributed by atoms with Gasteiger partial charge in [-0.05, 0) is 48.0 Å². The van der Waals surface area contributed by atoms with Crippen molar-refractivity contribution >= 4 is 44.8 Å². The van der Waals surface area contributed by atoms with Gasteiger partial charge in [0.05, 0.1) is 17.3 Å². The zero-order valence-electron chi connectivity index (χ0n) is 18.5. The van der Waals surface area contributed by atoms with Crippen molar-refractivity contribution in [1.82, 2.24) is 5.32 Å². The van der Waals surface area contributed by atoms with Gasteiger partial charge >= 0.3 is 0 Å². The molecule has 0 spiro atoms. The molecule has 2 amide bonds. The standard InChI is InChI=1S/C25H24ClN3O4S/c1-3-14-29(22-10-5-4-6-11-22)34(32,33)24-16-20(12-13-23(24)26)25(31)27-17-19-8-7-9-21(15-19)28-18(2)30/h3-13,15-16H,1,14,17H2,2H3,(H,27,31)(H,28,30). The Labute approximate surface area is 204 Å². The third kappa shape index (κ3) is 6.03. The third-order valence-corrected chi connectivity index (χ3v) is 7.08. The van der Waals surface area contributed by atoms with Crippen LogP contribution in [-0.2, 0) is 21.4 Å². The maximum atomic E-state index is 13.5. The van der Waals surface area contributed by atoms with Crippen molar-refractivity contribution in [1.29, 1.82) is 0 Å². The minimum absolute atomic E-state index is 0.00421. The monoisotopic (exact) mass is 497 g/mol. The summed E-state index contributed by atoms with van der Waals surface area (Å²) in [4.78, 5) is 23.9. The van der Waals surface area contributed by atoms with Crippen LogP contribution in [0.5, 0.6) is 0 Å². The second kappa shape index (κ2) is 11.0. The molecule has 2 N–H and O–H groups in total. The Hall–Kier alpha value is -3.62. The average molecular weight is 498 g/mol. The number of sulfonamides is 1. The second-order valence-electron chi connectivity index (χ2n) is 7.37. The smallest absolute Gasteiger partial charge is 0.266 e. The van der Waals surface area contributed by atoms with Crippen molar-refractivity contribution < 1.29 is 18.0 Å². The van der Waals surface area contributed by atoms with Crippen LogP contribution in [0.2, 0.25) is 5.02 Å². The number of halogens is 1. The molecule has 34 heavy (non-hydrogen) atoms. The molecule has 7 nitrogen and oxygen atoms in total. The van der Waals surface area contributed by atoms with E-state index >= 15 is 0 Å². The summed E-state index contributed by atoms with van der Waals surface area (Å²) < 4.78 is 28.1. The Morgan fingerprint density at radius 2 is 1.76 bits per heavy atom. The maximum absolute atomic E-state index is 13.5. The SMILES string of the molecule is C=CCN(c1ccccc1)S(=O)(=O)c1cc(C(=O)NCc2cccc(NC(C)=O)c2)ccc1Cl. The molecule has 0 fully saturated rings. The number of nitrogens with zero attached hydrogens (tertiary/aromatic N) is 1. The maximum Gasteiger partial charge on any atom is 0.266 e. The number of benzene rings is 3. The van der Waals surface area contributed by atoms with Crippen molar-refractivity contribution in [2.24, 2.45) is 0 Å². The van der Waals surface area contributed by atoms with Crippen molar-refractivity contribution in [3.05, 3.63) is 102 Å². The zero-order valence-corrected chi connectivity index (χ0v) is 20.1. The van der Waals surface area contributed by atoms with E-state index in [0.717, 1.165) is 5.56 Å². The fourth-order valence-corrected chi connectivity index (χ4v) is 5.20. The van der Waals surface area contributed by atoms with Crippen LogP contribution >= 0.6 is 11.6 Å². The van der Waals surface area contributed by atoms with Gasteiger partial charge < -0.3 is 10.6 Å². The van der Waals surface area contributed by atoms with E-state index in [2.05, 4.69) is 17.2 Å². The van der Waals surface area contributed by atoms with E-state index < -0.39 is 15.9 Å². The first-order valence-corrected chi connectivity index (χ1v) is 12.2. The fourth-order valence-electron chi connectivity index (χ4n) is 3.26. The van der Waals surface area contributed by atoms with Crippen LogP contribution in [-0.4, -0.2) is 26.8 Å². The number of amides is 2. The summed E-state index contributed by atoms with van der Waals surface area (Å²) in [6, 6.07) is 19.7. The number of anilines is 2. The van der Waals surface area contributed by atoms with Gasteiger partial charge in [-0.15, -0.1) is 6.58 Å². The van der Waals surface area contributed by atoms with Crippen LogP contribution in [0.25, 0.3) is 0 Å². The Bertz CT molecular complexity index is 1310. The summed E-state index contributed by atoms with van der Waals surface area (Å²) in [7, 11) is -4.08. The summed E-state index contributed by atoms with van der Waals surface area (Å²) in [5, 5.41) is 5.45. The van der Waals surface area contributed by atoms with Gasteiger partial charge in [-0.2, -0.15) is 0 Å². The highest BCUT2D eigenvalue weighted by Gasteiger charge is 2.27. The van der Waals surface area contributed by atoms with E-state index in [9.17, 15) is 18.0 Å². The first-order chi connectivity index (χ1) is 16.2. The molecule has 176 valence electrons. The van der Waals surface area contributed by atoms with Crippen LogP contribution < -0.4 is 14.9 Å². The lowest BCUT2D eigenvalue weighted by atomic mass is 10.1. The molecule has 0 saturated carbocycles. The minimum Gasteiger partial charge on any atom is -0.348 e. The van der Waals surface area contributed by atoms with Gasteiger partial charge in [0.15, 0.2) is 0 Å². The molecule has 0 bridgehead atoms. The number of rotatable bonds is 9. The number of hydrogen-bond acceptors (Lipinski definition) is 4. The fraction of sp³-hybridized carbons (Fsp3) is 0.120. The van der Waals surface area contributed by atoms with Crippen molar-refractivity contribution in [2.45, 2.75) is 18.4 Å². The molecule has 9 heteroatoms. The predicted molar refractivity (Wildman–Crippen MR) is 135 cm³/mol. The first kappa shape index (κ1) is 25.0. The normalized spacial score (nSPS) is 10.9. The van der Waals surface area contributed by atoms with Gasteiger partial charge in [-0.1, -0.05) is 48.0 Å². The van der Waals surface area contributed by atoms with E-state index in [1.54, 1.807) is 54.6 Å². The van der Waals surface area contributed by atoms with Crippen LogP contribution in [0.1, 0.15) is 22.8 Å². The van der Waals surface area contributed by atoms with E-state index in [4.69, 9.17) is 11.6 Å². The van der Waals surface area contributed by atoms with Crippen LogP contribution in [0.15, 0.2) is 90.3 Å². The minimum atomic E-state index is -4.08. The van der Waals surface area contributed by atoms with E-state index in [1.165, 1.54) is 35.5 Å². The van der Waals surface area contributed by atoms with Gasteiger partial charge in [-0.25, -0.2) is 8.42 Å². The molecule has 0 radical (unpaired) electrons. The van der Waals surface area contributed by atoms with Crippen LogP contribution in [0.3, 0.4) is 0 Å². The highest BCUT2D eigenvalue weighted by Crippen LogP contribution is 2.29. The molecule has 0 atom stereocenters. The third-order valence-electron chi connectivity index (χ3n) is 4.80. The van der Waals surface area contributed by atoms with E-state index in [-0.39, 0.29) is 34.5 Å². The van der Waals surface area contributed by atoms with E-state index in [1.807, 2.05) is 0 Å². The lowest BCUT2D eigenvalue weighted by Gasteiger charge is -2.24. The number of para-hydroxylation sites is 1. The molecule has 0 heterocycles. The van der Waals surface area contributed by atoms with Gasteiger partial charge in [0, 0.05) is 24.7 Å². The van der Waals surface area contributed by atoms with Crippen LogP contribution in [0, 0.1) is 0 Å². The molecule has 3 aromatic carbocycles. The molecular formula is C25H24ClN3O4S. The second-order valence-corrected chi connectivity index (χ2v) is 9.61. The highest BCUT2D eigenvalue weighted by atomic mass is 35.5. The topological polar surface area (TPSA) is 95.6 Å². The van der Waals surface area contributed by atoms with E-state index in [0.29, 0.717) is 11.4 Å². The average Bonchev–Trinajstić information content (AvgIpc) is 2.81. The number of nitrogens with one attached hydrogen (secondary N) is 2. The van der Waals surface area contributed by atoms with Gasteiger partial charge in [0.2, 0.25) is 5.91 Å². The number of carbonyl (C=O) groups excluding carboxylic acids is 2. The summed E-state index contributed by atoms with van der Waals surface area (Å²) in [6.07, 6.45) is 1.48. The summed E-state index contributed by atoms with van der Waals surface area (Å²) in [5.74, 6) is -0.662. The summed E-state index contributed by atoms with van der Waals surface area (Å²) >= 11 is 6.25. The number of carbonyl (C=O) groups is 2. The van der Waals surface area contributed by atoms with Crippen LogP contribution in [0.4, 0.5) is 11.4 Å². The van der Waals surface area contributed by atoms with Gasteiger partial charge in [0.25, 0.3) is 15.9 Å². The van der Waals surface area contributed by atoms with Crippen molar-refractivity contribution in [3.8, 4) is 0 Å². The van der Waals surface area contributed by atoms with Gasteiger partial charge in [-0.3, -0.25) is 13.9 Å². The summed E-state index contributed by atoms with van der Waals surface area (Å²) in [5.41, 5.74) is 1.98. The molecular weight excluding hydrogens is 474 g/mol. The molecule has 0 unspecified atom stereocenters. The lowest BCUT2D eigenvalue weighted by molar-refractivity contribution is -0.114. The molecule has 0 aliphatic heterocycles. The quantitative estimate of drug-likeness (QED) is 0.422. The molecule has 0 aliphatic rings. The lowest BCUT2D eigenvalue weighted by Crippen LogP contribution is -2.31. The first-order valence-electron chi connectivity index (χ1n) is 10.4. The number of hydrogen-bond donors (Lipinski definition) is 2. The van der Waals surface area contributed by atoms with Crippen molar-refractivity contribution in [3.63, 3.8) is 0 Å². The van der Waals surface area contributed by atoms with Gasteiger partial charge in [0.1, 0.15) is 4.90 Å². The largest absolute Gasteiger partial charge is 0.348 e. The molecule has 3 rings (SSSR count). The Balaban J connectivity index is 1.84.